The summed E-state index contributed by atoms with van der Waals surface area (Å²) in [5.41, 5.74) is -1.00. The Hall–Kier alpha value is -1.66. The van der Waals surface area contributed by atoms with Gasteiger partial charge in [0.15, 0.2) is 11.6 Å². The average molecular weight is 364 g/mol. The molecule has 0 amide bonds. The summed E-state index contributed by atoms with van der Waals surface area (Å²) in [7, 11) is 0. The van der Waals surface area contributed by atoms with Crippen molar-refractivity contribution in [2.24, 2.45) is 0 Å². The molecular weight excluding hydrogens is 351 g/mol. The van der Waals surface area contributed by atoms with Crippen molar-refractivity contribution in [2.75, 3.05) is 6.61 Å². The first-order chi connectivity index (χ1) is 10.9. The molecule has 8 heteroatoms. The predicted molar refractivity (Wildman–Crippen MR) is 81.6 cm³/mol. The molecule has 1 N–H and O–H groups in total. The highest BCUT2D eigenvalue weighted by Gasteiger charge is 2.28. The number of nitrogens with one attached hydrogen (secondary N) is 1. The summed E-state index contributed by atoms with van der Waals surface area (Å²) < 4.78 is 32.3. The Bertz CT molecular complexity index is 688. The lowest BCUT2D eigenvalue weighted by molar-refractivity contribution is -0.138. The van der Waals surface area contributed by atoms with Gasteiger partial charge in [-0.15, -0.1) is 0 Å². The topological polar surface area (TPSA) is 55.4 Å². The van der Waals surface area contributed by atoms with Crippen molar-refractivity contribution in [2.45, 2.75) is 25.8 Å². The number of ketones is 1. The van der Waals surface area contributed by atoms with E-state index >= 15 is 0 Å². The predicted octanol–water partition coefficient (Wildman–Crippen LogP) is 3.65. The van der Waals surface area contributed by atoms with E-state index in [9.17, 15) is 18.4 Å². The van der Waals surface area contributed by atoms with Gasteiger partial charge in [-0.2, -0.15) is 0 Å². The van der Waals surface area contributed by atoms with Crippen molar-refractivity contribution in [3.8, 4) is 0 Å². The third-order valence-electron chi connectivity index (χ3n) is 3.13. The van der Waals surface area contributed by atoms with Crippen LogP contribution in [0.4, 0.5) is 8.78 Å². The number of Topliss-reactive ketones (excluding diaryl/α,β-unsaturated/α-hetero) is 1. The fraction of sp³-hybridized carbons (Fsp3) is 0.333. The number of hydrogen-bond acceptors (Lipinski definition) is 4. The van der Waals surface area contributed by atoms with Crippen LogP contribution in [-0.4, -0.2) is 24.4 Å². The van der Waals surface area contributed by atoms with Crippen molar-refractivity contribution in [3.05, 3.63) is 45.1 Å². The molecule has 0 bridgehead atoms. The number of carbonyl (C=O) groups is 2. The zero-order chi connectivity index (χ0) is 17.1. The molecule has 0 saturated heterocycles. The quantitative estimate of drug-likeness (QED) is 0.159. The molecule has 0 aromatic heterocycles. The van der Waals surface area contributed by atoms with Crippen molar-refractivity contribution in [1.82, 2.24) is 5.32 Å². The first-order valence-corrected chi connectivity index (χ1v) is 7.63. The molecule has 2 rings (SSSR count). The fourth-order valence-electron chi connectivity index (χ4n) is 1.76. The van der Waals surface area contributed by atoms with E-state index in [4.69, 9.17) is 27.9 Å². The average Bonchev–Trinajstić information content (AvgIpc) is 3.33. The van der Waals surface area contributed by atoms with Crippen LogP contribution in [0.15, 0.2) is 17.8 Å². The minimum absolute atomic E-state index is 0.0420. The molecule has 1 aromatic rings. The van der Waals surface area contributed by atoms with Crippen LogP contribution < -0.4 is 5.32 Å². The Morgan fingerprint density at radius 2 is 2.00 bits per heavy atom. The Balaban J connectivity index is 2.40. The summed E-state index contributed by atoms with van der Waals surface area (Å²) in [5, 5.41) is 1.44. The van der Waals surface area contributed by atoms with Crippen molar-refractivity contribution >= 4 is 35.0 Å². The Kier molecular flexibility index (Phi) is 5.59. The van der Waals surface area contributed by atoms with Crippen molar-refractivity contribution in [1.29, 1.82) is 0 Å². The normalized spacial score (nSPS) is 14.6. The van der Waals surface area contributed by atoms with Gasteiger partial charge in [0.1, 0.15) is 10.6 Å². The number of benzene rings is 1. The molecule has 0 heterocycles. The highest BCUT2D eigenvalue weighted by atomic mass is 35.5. The molecule has 1 aliphatic rings. The van der Waals surface area contributed by atoms with E-state index in [1.165, 1.54) is 6.20 Å². The van der Waals surface area contributed by atoms with E-state index in [2.05, 4.69) is 5.32 Å². The largest absolute Gasteiger partial charge is 0.462 e. The van der Waals surface area contributed by atoms with Gasteiger partial charge in [-0.3, -0.25) is 4.79 Å². The van der Waals surface area contributed by atoms with Crippen LogP contribution in [0.3, 0.4) is 0 Å². The second-order valence-corrected chi connectivity index (χ2v) is 5.68. The molecule has 23 heavy (non-hydrogen) atoms. The molecule has 1 saturated carbocycles. The molecule has 0 unspecified atom stereocenters. The Labute approximate surface area is 141 Å². The van der Waals surface area contributed by atoms with Gasteiger partial charge in [0.25, 0.3) is 0 Å². The number of carbonyl (C=O) groups excluding carboxylic acids is 2. The monoisotopic (exact) mass is 363 g/mol. The number of esters is 1. The lowest BCUT2D eigenvalue weighted by atomic mass is 10.0. The van der Waals surface area contributed by atoms with Gasteiger partial charge in [0.05, 0.1) is 17.2 Å². The number of hydrogen-bond donors (Lipinski definition) is 1. The van der Waals surface area contributed by atoms with E-state index < -0.39 is 44.6 Å². The first-order valence-electron chi connectivity index (χ1n) is 6.87. The molecule has 4 nitrogen and oxygen atoms in total. The summed E-state index contributed by atoms with van der Waals surface area (Å²) in [6.45, 7) is 1.61. The summed E-state index contributed by atoms with van der Waals surface area (Å²) in [5.74, 6) is -4.35. The second kappa shape index (κ2) is 7.27. The molecule has 1 aromatic carbocycles. The van der Waals surface area contributed by atoms with Gasteiger partial charge in [-0.25, -0.2) is 13.6 Å². The second-order valence-electron chi connectivity index (χ2n) is 4.90. The number of ether oxygens (including phenoxy) is 1. The van der Waals surface area contributed by atoms with E-state index in [1.54, 1.807) is 6.92 Å². The van der Waals surface area contributed by atoms with E-state index in [0.29, 0.717) is 0 Å². The fourth-order valence-corrected chi connectivity index (χ4v) is 2.22. The zero-order valence-corrected chi connectivity index (χ0v) is 13.6. The molecule has 1 aliphatic carbocycles. The van der Waals surface area contributed by atoms with Crippen LogP contribution in [0.25, 0.3) is 0 Å². The summed E-state index contributed by atoms with van der Waals surface area (Å²) in [6.07, 6.45) is 3.00. The van der Waals surface area contributed by atoms with Crippen LogP contribution in [0, 0.1) is 11.6 Å². The molecule has 0 aliphatic heterocycles. The molecular formula is C15H13Cl2F2NO3. The van der Waals surface area contributed by atoms with E-state index in [1.807, 2.05) is 0 Å². The highest BCUT2D eigenvalue weighted by molar-refractivity contribution is 6.36. The first kappa shape index (κ1) is 17.7. The summed E-state index contributed by atoms with van der Waals surface area (Å²) in [4.78, 5) is 24.4. The lowest BCUT2D eigenvalue weighted by Crippen LogP contribution is -2.21. The number of halogens is 4. The van der Waals surface area contributed by atoms with E-state index in [0.717, 1.165) is 18.9 Å². The van der Waals surface area contributed by atoms with Gasteiger partial charge >= 0.3 is 5.97 Å². The highest BCUT2D eigenvalue weighted by Crippen LogP contribution is 2.30. The Morgan fingerprint density at radius 3 is 2.57 bits per heavy atom. The number of rotatable bonds is 6. The van der Waals surface area contributed by atoms with Gasteiger partial charge in [-0.05, 0) is 25.8 Å². The lowest BCUT2D eigenvalue weighted by Gasteiger charge is -2.10. The molecule has 0 radical (unpaired) electrons. The van der Waals surface area contributed by atoms with E-state index in [-0.39, 0.29) is 12.6 Å². The smallest absolute Gasteiger partial charge is 0.343 e. The van der Waals surface area contributed by atoms with Gasteiger partial charge in [0.2, 0.25) is 5.78 Å². The van der Waals surface area contributed by atoms with Crippen molar-refractivity contribution in [3.63, 3.8) is 0 Å². The van der Waals surface area contributed by atoms with Crippen LogP contribution in [0.1, 0.15) is 30.1 Å². The van der Waals surface area contributed by atoms with Crippen LogP contribution >= 0.6 is 23.2 Å². The van der Waals surface area contributed by atoms with Gasteiger partial charge in [0, 0.05) is 12.2 Å². The minimum atomic E-state index is -1.28. The Morgan fingerprint density at radius 1 is 1.35 bits per heavy atom. The standard InChI is InChI=1S/C15H13Cl2F2NO3/c1-2-23-15(22)9(6-20-7-3-4-7)14(21)8-5-10(16)13(19)11(17)12(8)18/h5-7,20H,2-4H2,1H3. The SMILES string of the molecule is CCOC(=O)C(=CNC1CC1)C(=O)c1cc(Cl)c(F)c(Cl)c1F. The summed E-state index contributed by atoms with van der Waals surface area (Å²) >= 11 is 11.1. The maximum absolute atomic E-state index is 14.1. The van der Waals surface area contributed by atoms with Crippen LogP contribution in [0.2, 0.25) is 10.0 Å². The van der Waals surface area contributed by atoms with Gasteiger partial charge in [-0.1, -0.05) is 23.2 Å². The minimum Gasteiger partial charge on any atom is -0.462 e. The van der Waals surface area contributed by atoms with Crippen LogP contribution in [0.5, 0.6) is 0 Å². The maximum atomic E-state index is 14.1. The molecule has 124 valence electrons. The third kappa shape index (κ3) is 4.00. The molecule has 0 spiro atoms. The maximum Gasteiger partial charge on any atom is 0.343 e. The summed E-state index contributed by atoms with van der Waals surface area (Å²) in [6, 6.07) is 0.961. The van der Waals surface area contributed by atoms with Crippen molar-refractivity contribution < 1.29 is 23.1 Å². The zero-order valence-electron chi connectivity index (χ0n) is 12.1. The van der Waals surface area contributed by atoms with Gasteiger partial charge < -0.3 is 10.1 Å². The molecule has 0 atom stereocenters. The third-order valence-corrected chi connectivity index (χ3v) is 3.73. The van der Waals surface area contributed by atoms with Crippen LogP contribution in [-0.2, 0) is 9.53 Å². The molecule has 1 fully saturated rings.